The van der Waals surface area contributed by atoms with E-state index in [-0.39, 0.29) is 23.7 Å². The molecule has 5 rings (SSSR count). The minimum atomic E-state index is -0.532. The fourth-order valence-corrected chi connectivity index (χ4v) is 4.70. The highest BCUT2D eigenvalue weighted by molar-refractivity contribution is 6.22. The maximum Gasteiger partial charge on any atom is 0.343 e. The summed E-state index contributed by atoms with van der Waals surface area (Å²) in [6.07, 6.45) is 3.46. The van der Waals surface area contributed by atoms with Crippen molar-refractivity contribution in [2.45, 2.75) is 25.7 Å². The summed E-state index contributed by atoms with van der Waals surface area (Å²) in [6.45, 7) is 0. The van der Waals surface area contributed by atoms with Crippen molar-refractivity contribution in [1.29, 1.82) is 0 Å². The summed E-state index contributed by atoms with van der Waals surface area (Å²) >= 11 is 0. The zero-order valence-electron chi connectivity index (χ0n) is 17.6. The number of rotatable bonds is 4. The van der Waals surface area contributed by atoms with Gasteiger partial charge in [0.2, 0.25) is 11.8 Å². The van der Waals surface area contributed by atoms with E-state index in [1.54, 1.807) is 36.4 Å². The van der Waals surface area contributed by atoms with Crippen molar-refractivity contribution in [1.82, 2.24) is 0 Å². The fraction of sp³-hybridized carbons (Fsp3) is 0.222. The highest BCUT2D eigenvalue weighted by Gasteiger charge is 2.48. The molecule has 2 fully saturated rings. The van der Waals surface area contributed by atoms with E-state index >= 15 is 0 Å². The molecular weight excluding hydrogens is 402 g/mol. The molecule has 5 nitrogen and oxygen atoms in total. The summed E-state index contributed by atoms with van der Waals surface area (Å²) in [4.78, 5) is 39.7. The Labute approximate surface area is 186 Å². The van der Waals surface area contributed by atoms with Gasteiger partial charge in [0.05, 0.1) is 23.1 Å². The van der Waals surface area contributed by atoms with Gasteiger partial charge in [-0.05, 0) is 54.3 Å². The Bertz CT molecular complexity index is 1150. The minimum absolute atomic E-state index is 0.151. The Morgan fingerprint density at radius 3 is 2.03 bits per heavy atom. The number of esters is 1. The van der Waals surface area contributed by atoms with Gasteiger partial charge in [0.25, 0.3) is 0 Å². The molecule has 0 bridgehead atoms. The van der Waals surface area contributed by atoms with Gasteiger partial charge in [-0.1, -0.05) is 61.4 Å². The zero-order chi connectivity index (χ0) is 22.1. The van der Waals surface area contributed by atoms with Gasteiger partial charge in [-0.15, -0.1) is 0 Å². The van der Waals surface area contributed by atoms with Gasteiger partial charge in [0.15, 0.2) is 0 Å². The van der Waals surface area contributed by atoms with Gasteiger partial charge < -0.3 is 4.74 Å². The predicted molar refractivity (Wildman–Crippen MR) is 121 cm³/mol. The van der Waals surface area contributed by atoms with Crippen molar-refractivity contribution < 1.29 is 19.1 Å². The van der Waals surface area contributed by atoms with Crippen LogP contribution in [0.2, 0.25) is 0 Å². The first-order valence-electron chi connectivity index (χ1n) is 11.0. The lowest BCUT2D eigenvalue weighted by molar-refractivity contribution is -0.122. The van der Waals surface area contributed by atoms with Crippen LogP contribution in [0.5, 0.6) is 5.75 Å². The van der Waals surface area contributed by atoms with Gasteiger partial charge in [0.1, 0.15) is 5.75 Å². The molecule has 32 heavy (non-hydrogen) atoms. The molecule has 1 aliphatic heterocycles. The number of nitrogens with zero attached hydrogens (tertiary/aromatic N) is 1. The van der Waals surface area contributed by atoms with Crippen LogP contribution in [0.25, 0.3) is 11.1 Å². The van der Waals surface area contributed by atoms with Crippen LogP contribution in [-0.4, -0.2) is 17.8 Å². The monoisotopic (exact) mass is 425 g/mol. The lowest BCUT2D eigenvalue weighted by Crippen LogP contribution is -2.31. The maximum atomic E-state index is 12.9. The second-order valence-electron chi connectivity index (χ2n) is 8.34. The number of amides is 2. The molecular formula is C27H23NO4. The van der Waals surface area contributed by atoms with E-state index in [2.05, 4.69) is 0 Å². The lowest BCUT2D eigenvalue weighted by Gasteiger charge is -2.19. The second kappa shape index (κ2) is 8.42. The van der Waals surface area contributed by atoms with Crippen molar-refractivity contribution >= 4 is 23.5 Å². The number of imide groups is 1. The van der Waals surface area contributed by atoms with E-state index in [1.165, 1.54) is 4.90 Å². The number of hydrogen-bond donors (Lipinski definition) is 0. The lowest BCUT2D eigenvalue weighted by atomic mass is 9.81. The van der Waals surface area contributed by atoms with Crippen LogP contribution < -0.4 is 9.64 Å². The third kappa shape index (κ3) is 3.71. The molecule has 2 atom stereocenters. The Balaban J connectivity index is 1.33. The molecule has 5 heteroatoms. The Morgan fingerprint density at radius 2 is 1.38 bits per heavy atom. The highest BCUT2D eigenvalue weighted by atomic mass is 16.5. The Hall–Kier alpha value is -3.73. The Morgan fingerprint density at radius 1 is 0.750 bits per heavy atom. The summed E-state index contributed by atoms with van der Waals surface area (Å²) < 4.78 is 5.53. The van der Waals surface area contributed by atoms with Crippen LogP contribution in [0.15, 0.2) is 78.9 Å². The molecule has 1 saturated heterocycles. The maximum absolute atomic E-state index is 12.9. The fourth-order valence-electron chi connectivity index (χ4n) is 4.70. The normalized spacial score (nSPS) is 20.2. The summed E-state index contributed by atoms with van der Waals surface area (Å²) in [5.74, 6) is -0.858. The molecule has 1 aliphatic carbocycles. The molecule has 3 aromatic carbocycles. The van der Waals surface area contributed by atoms with Gasteiger partial charge in [-0.3, -0.25) is 14.5 Å². The third-order valence-electron chi connectivity index (χ3n) is 6.35. The molecule has 2 amide bonds. The second-order valence-corrected chi connectivity index (χ2v) is 8.34. The quantitative estimate of drug-likeness (QED) is 0.325. The average molecular weight is 425 g/mol. The van der Waals surface area contributed by atoms with Crippen LogP contribution >= 0.6 is 0 Å². The van der Waals surface area contributed by atoms with E-state index in [0.29, 0.717) is 17.0 Å². The van der Waals surface area contributed by atoms with Crippen LogP contribution in [0.3, 0.4) is 0 Å². The van der Waals surface area contributed by atoms with Crippen molar-refractivity contribution in [3.63, 3.8) is 0 Å². The van der Waals surface area contributed by atoms with Gasteiger partial charge in [-0.25, -0.2) is 4.79 Å². The number of ether oxygens (including phenoxy) is 1. The SMILES string of the molecule is O=C(Oc1ccc(-c2ccccc2)cc1)c1cccc(N2C(=O)[C@@H]3CCCC[C@H]3C2=O)c1. The Kier molecular flexibility index (Phi) is 5.31. The van der Waals surface area contributed by atoms with E-state index in [0.717, 1.165) is 36.8 Å². The molecule has 1 saturated carbocycles. The average Bonchev–Trinajstić information content (AvgIpc) is 3.10. The van der Waals surface area contributed by atoms with E-state index in [4.69, 9.17) is 4.74 Å². The molecule has 0 spiro atoms. The standard InChI is InChI=1S/C27H23NO4/c29-25-23-11-4-5-12-24(23)26(30)28(25)21-10-6-9-20(17-21)27(31)32-22-15-13-19(14-16-22)18-7-2-1-3-8-18/h1-3,6-10,13-17,23-24H,4-5,11-12H2/t23-,24-/m1/s1. The molecule has 2 aliphatic rings. The number of benzene rings is 3. The molecule has 1 heterocycles. The topological polar surface area (TPSA) is 63.7 Å². The first-order valence-corrected chi connectivity index (χ1v) is 11.0. The van der Waals surface area contributed by atoms with Crippen molar-refractivity contribution in [3.8, 4) is 16.9 Å². The molecule has 3 aromatic rings. The van der Waals surface area contributed by atoms with E-state index in [1.807, 2.05) is 42.5 Å². The number of hydrogen-bond acceptors (Lipinski definition) is 4. The van der Waals surface area contributed by atoms with E-state index < -0.39 is 5.97 Å². The number of fused-ring (bicyclic) bond motifs is 1. The smallest absolute Gasteiger partial charge is 0.343 e. The molecule has 0 aromatic heterocycles. The van der Waals surface area contributed by atoms with Crippen molar-refractivity contribution in [3.05, 3.63) is 84.4 Å². The minimum Gasteiger partial charge on any atom is -0.423 e. The summed E-state index contributed by atoms with van der Waals surface area (Å²) in [7, 11) is 0. The number of carbonyl (C=O) groups excluding carboxylic acids is 3. The highest BCUT2D eigenvalue weighted by Crippen LogP contribution is 2.40. The van der Waals surface area contributed by atoms with Gasteiger partial charge in [0, 0.05) is 0 Å². The largest absolute Gasteiger partial charge is 0.423 e. The van der Waals surface area contributed by atoms with Crippen LogP contribution in [0.4, 0.5) is 5.69 Å². The zero-order valence-corrected chi connectivity index (χ0v) is 17.6. The first-order chi connectivity index (χ1) is 15.6. The molecule has 0 unspecified atom stereocenters. The predicted octanol–water partition coefficient (Wildman–Crippen LogP) is 5.25. The number of carbonyl (C=O) groups is 3. The van der Waals surface area contributed by atoms with Crippen LogP contribution in [0, 0.1) is 11.8 Å². The van der Waals surface area contributed by atoms with Crippen LogP contribution in [0.1, 0.15) is 36.0 Å². The van der Waals surface area contributed by atoms with Crippen LogP contribution in [-0.2, 0) is 9.59 Å². The van der Waals surface area contributed by atoms with Gasteiger partial charge in [-0.2, -0.15) is 0 Å². The summed E-state index contributed by atoms with van der Waals surface area (Å²) in [6, 6.07) is 23.8. The number of anilines is 1. The third-order valence-corrected chi connectivity index (χ3v) is 6.35. The summed E-state index contributed by atoms with van der Waals surface area (Å²) in [5, 5.41) is 0. The molecule has 0 N–H and O–H groups in total. The van der Waals surface area contributed by atoms with Crippen molar-refractivity contribution in [2.75, 3.05) is 4.90 Å². The molecule has 160 valence electrons. The van der Waals surface area contributed by atoms with Gasteiger partial charge >= 0.3 is 5.97 Å². The molecule has 0 radical (unpaired) electrons. The van der Waals surface area contributed by atoms with Crippen molar-refractivity contribution in [2.24, 2.45) is 11.8 Å². The van der Waals surface area contributed by atoms with E-state index in [9.17, 15) is 14.4 Å². The first kappa shape index (κ1) is 20.2. The summed E-state index contributed by atoms with van der Waals surface area (Å²) in [5.41, 5.74) is 2.84.